The molecule has 2 atom stereocenters. The minimum Gasteiger partial charge on any atom is -0.462 e. The van der Waals surface area contributed by atoms with Crippen molar-refractivity contribution in [3.63, 3.8) is 0 Å². The molecule has 2 saturated heterocycles. The Morgan fingerprint density at radius 1 is 1.33 bits per heavy atom. The first-order chi connectivity index (χ1) is 5.74. The van der Waals surface area contributed by atoms with Gasteiger partial charge in [-0.1, -0.05) is 0 Å². The van der Waals surface area contributed by atoms with Gasteiger partial charge in [-0.15, -0.1) is 0 Å². The van der Waals surface area contributed by atoms with E-state index in [-0.39, 0.29) is 12.1 Å². The van der Waals surface area contributed by atoms with E-state index in [9.17, 15) is 4.79 Å². The molecule has 2 aliphatic rings. The second-order valence-corrected chi connectivity index (χ2v) is 3.74. The molecule has 3 heteroatoms. The SMILES string of the molecule is CC(=O)OC1CC2CCC(C1)[N]2. The van der Waals surface area contributed by atoms with Crippen molar-refractivity contribution < 1.29 is 9.53 Å². The summed E-state index contributed by atoms with van der Waals surface area (Å²) in [6, 6.07) is 0.959. The van der Waals surface area contributed by atoms with Crippen molar-refractivity contribution >= 4 is 5.97 Å². The van der Waals surface area contributed by atoms with Gasteiger partial charge in [-0.05, 0) is 12.8 Å². The van der Waals surface area contributed by atoms with Crippen LogP contribution in [0.5, 0.6) is 0 Å². The molecule has 2 unspecified atom stereocenters. The predicted octanol–water partition coefficient (Wildman–Crippen LogP) is 0.847. The number of hydrogen-bond donors (Lipinski definition) is 0. The van der Waals surface area contributed by atoms with E-state index in [1.54, 1.807) is 0 Å². The molecule has 0 saturated carbocycles. The summed E-state index contributed by atoms with van der Waals surface area (Å²) >= 11 is 0. The molecule has 3 nitrogen and oxygen atoms in total. The highest BCUT2D eigenvalue weighted by Crippen LogP contribution is 2.29. The summed E-state index contributed by atoms with van der Waals surface area (Å²) < 4.78 is 5.17. The number of esters is 1. The first kappa shape index (κ1) is 8.05. The summed E-state index contributed by atoms with van der Waals surface area (Å²) in [7, 11) is 0. The van der Waals surface area contributed by atoms with Crippen LogP contribution in [0, 0.1) is 0 Å². The summed E-state index contributed by atoms with van der Waals surface area (Å²) in [5, 5.41) is 4.56. The minimum atomic E-state index is -0.152. The smallest absolute Gasteiger partial charge is 0.302 e. The van der Waals surface area contributed by atoms with Crippen LogP contribution in [0.1, 0.15) is 32.6 Å². The number of carbonyl (C=O) groups excluding carboxylic acids is 1. The van der Waals surface area contributed by atoms with Crippen LogP contribution in [0.25, 0.3) is 0 Å². The fourth-order valence-corrected chi connectivity index (χ4v) is 2.22. The van der Waals surface area contributed by atoms with Gasteiger partial charge in [-0.25, -0.2) is 5.32 Å². The zero-order chi connectivity index (χ0) is 8.55. The van der Waals surface area contributed by atoms with Crippen molar-refractivity contribution in [1.82, 2.24) is 5.32 Å². The molecule has 67 valence electrons. The Hall–Kier alpha value is -0.570. The first-order valence-electron chi connectivity index (χ1n) is 4.61. The zero-order valence-corrected chi connectivity index (χ0v) is 7.32. The highest BCUT2D eigenvalue weighted by Gasteiger charge is 2.35. The maximum absolute atomic E-state index is 10.7. The number of fused-ring (bicyclic) bond motifs is 2. The van der Waals surface area contributed by atoms with Crippen LogP contribution in [0.4, 0.5) is 0 Å². The van der Waals surface area contributed by atoms with Gasteiger partial charge in [0.2, 0.25) is 0 Å². The molecule has 2 rings (SSSR count). The van der Waals surface area contributed by atoms with Crippen molar-refractivity contribution in [1.29, 1.82) is 0 Å². The Morgan fingerprint density at radius 2 is 1.92 bits per heavy atom. The third kappa shape index (κ3) is 1.61. The summed E-state index contributed by atoms with van der Waals surface area (Å²) in [4.78, 5) is 10.7. The zero-order valence-electron chi connectivity index (χ0n) is 7.32. The normalized spacial score (nSPS) is 39.6. The quantitative estimate of drug-likeness (QED) is 0.544. The van der Waals surface area contributed by atoms with Crippen LogP contribution in [0.2, 0.25) is 0 Å². The molecule has 0 amide bonds. The van der Waals surface area contributed by atoms with Crippen molar-refractivity contribution in [3.8, 4) is 0 Å². The first-order valence-corrected chi connectivity index (χ1v) is 4.61. The van der Waals surface area contributed by atoms with Crippen LogP contribution in [0.15, 0.2) is 0 Å². The maximum Gasteiger partial charge on any atom is 0.302 e. The summed E-state index contributed by atoms with van der Waals surface area (Å²) in [6.07, 6.45) is 4.45. The minimum absolute atomic E-state index is 0.150. The second kappa shape index (κ2) is 3.05. The molecule has 0 N–H and O–H groups in total. The van der Waals surface area contributed by atoms with Crippen LogP contribution < -0.4 is 5.32 Å². The second-order valence-electron chi connectivity index (χ2n) is 3.74. The van der Waals surface area contributed by atoms with Gasteiger partial charge in [0.05, 0.1) is 0 Å². The Kier molecular flexibility index (Phi) is 2.05. The Labute approximate surface area is 72.5 Å². The Balaban J connectivity index is 1.89. The molecule has 2 bridgehead atoms. The van der Waals surface area contributed by atoms with E-state index in [1.165, 1.54) is 19.8 Å². The van der Waals surface area contributed by atoms with E-state index in [0.29, 0.717) is 12.1 Å². The predicted molar refractivity (Wildman–Crippen MR) is 43.7 cm³/mol. The molecule has 1 radical (unpaired) electrons. The molecule has 2 fully saturated rings. The van der Waals surface area contributed by atoms with E-state index >= 15 is 0 Å². The molecule has 12 heavy (non-hydrogen) atoms. The van der Waals surface area contributed by atoms with Crippen LogP contribution in [-0.4, -0.2) is 24.2 Å². The molecule has 0 aliphatic carbocycles. The topological polar surface area (TPSA) is 40.4 Å². The van der Waals surface area contributed by atoms with E-state index in [0.717, 1.165) is 12.8 Å². The van der Waals surface area contributed by atoms with Crippen LogP contribution in [0.3, 0.4) is 0 Å². The number of nitrogens with zero attached hydrogens (tertiary/aromatic N) is 1. The maximum atomic E-state index is 10.7. The van der Waals surface area contributed by atoms with Gasteiger partial charge >= 0.3 is 5.97 Å². The van der Waals surface area contributed by atoms with Crippen molar-refractivity contribution in [3.05, 3.63) is 0 Å². The fraction of sp³-hybridized carbons (Fsp3) is 0.889. The number of piperidine rings is 1. The van der Waals surface area contributed by atoms with E-state index < -0.39 is 0 Å². The lowest BCUT2D eigenvalue weighted by atomic mass is 10.0. The van der Waals surface area contributed by atoms with Gasteiger partial charge in [0.1, 0.15) is 6.10 Å². The number of ether oxygens (including phenoxy) is 1. The molecular weight excluding hydrogens is 154 g/mol. The third-order valence-electron chi connectivity index (χ3n) is 2.66. The number of carbonyl (C=O) groups is 1. The Morgan fingerprint density at radius 3 is 2.42 bits per heavy atom. The molecule has 2 aliphatic heterocycles. The summed E-state index contributed by atoms with van der Waals surface area (Å²) in [6.45, 7) is 1.48. The Bertz CT molecular complexity index is 181. The fourth-order valence-electron chi connectivity index (χ4n) is 2.22. The summed E-state index contributed by atoms with van der Waals surface area (Å²) in [5.74, 6) is -0.152. The standard InChI is InChI=1S/C9H14NO2/c1-6(11)12-9-4-7-2-3-8(5-9)10-7/h7-9H,2-5H2,1H3. The summed E-state index contributed by atoms with van der Waals surface area (Å²) in [5.41, 5.74) is 0. The number of hydrogen-bond acceptors (Lipinski definition) is 2. The van der Waals surface area contributed by atoms with Gasteiger partial charge in [-0.2, -0.15) is 0 Å². The van der Waals surface area contributed by atoms with Gasteiger partial charge in [0.15, 0.2) is 0 Å². The van der Waals surface area contributed by atoms with Crippen LogP contribution >= 0.6 is 0 Å². The lowest BCUT2D eigenvalue weighted by Gasteiger charge is -2.26. The average molecular weight is 168 g/mol. The molecule has 0 aromatic heterocycles. The van der Waals surface area contributed by atoms with Gasteiger partial charge in [0.25, 0.3) is 0 Å². The monoisotopic (exact) mass is 168 g/mol. The lowest BCUT2D eigenvalue weighted by molar-refractivity contribution is -0.148. The van der Waals surface area contributed by atoms with Crippen molar-refractivity contribution in [2.45, 2.75) is 50.8 Å². The molecule has 0 spiro atoms. The van der Waals surface area contributed by atoms with Crippen LogP contribution in [-0.2, 0) is 9.53 Å². The number of rotatable bonds is 1. The van der Waals surface area contributed by atoms with Crippen molar-refractivity contribution in [2.75, 3.05) is 0 Å². The van der Waals surface area contributed by atoms with Gasteiger partial charge < -0.3 is 4.74 Å². The van der Waals surface area contributed by atoms with Gasteiger partial charge in [-0.3, -0.25) is 4.79 Å². The lowest BCUT2D eigenvalue weighted by Crippen LogP contribution is -2.37. The highest BCUT2D eigenvalue weighted by molar-refractivity contribution is 5.66. The van der Waals surface area contributed by atoms with Gasteiger partial charge in [0, 0.05) is 31.8 Å². The highest BCUT2D eigenvalue weighted by atomic mass is 16.5. The average Bonchev–Trinajstić information content (AvgIpc) is 2.29. The van der Waals surface area contributed by atoms with Crippen molar-refractivity contribution in [2.24, 2.45) is 0 Å². The molecular formula is C9H14NO2. The molecule has 2 heterocycles. The third-order valence-corrected chi connectivity index (χ3v) is 2.66. The molecule has 0 aromatic rings. The van der Waals surface area contributed by atoms with E-state index in [2.05, 4.69) is 5.32 Å². The van der Waals surface area contributed by atoms with E-state index in [1.807, 2.05) is 0 Å². The largest absolute Gasteiger partial charge is 0.462 e. The molecule has 0 aromatic carbocycles. The van der Waals surface area contributed by atoms with E-state index in [4.69, 9.17) is 4.74 Å².